The average molecular weight is 376 g/mol. The lowest BCUT2D eigenvalue weighted by Crippen LogP contribution is -2.33. The van der Waals surface area contributed by atoms with Gasteiger partial charge in [-0.3, -0.25) is 0 Å². The number of thioether (sulfide) groups is 1. The maximum atomic E-state index is 6.36. The van der Waals surface area contributed by atoms with Crippen molar-refractivity contribution in [3.63, 3.8) is 0 Å². The Bertz CT molecular complexity index is 895. The Morgan fingerprint density at radius 3 is 2.54 bits per heavy atom. The highest BCUT2D eigenvalue weighted by molar-refractivity contribution is 7.99. The van der Waals surface area contributed by atoms with Gasteiger partial charge in [-0.15, -0.1) is 0 Å². The molecule has 122 valence electrons. The van der Waals surface area contributed by atoms with Crippen molar-refractivity contribution in [3.05, 3.63) is 52.5 Å². The zero-order valence-electron chi connectivity index (χ0n) is 12.9. The van der Waals surface area contributed by atoms with Gasteiger partial charge in [-0.05, 0) is 30.3 Å². The lowest BCUT2D eigenvalue weighted by molar-refractivity contribution is 0.843. The van der Waals surface area contributed by atoms with Gasteiger partial charge in [0.05, 0.1) is 10.5 Å². The molecule has 0 radical (unpaired) electrons. The second kappa shape index (κ2) is 6.79. The van der Waals surface area contributed by atoms with Crippen LogP contribution < -0.4 is 4.90 Å². The zero-order valence-corrected chi connectivity index (χ0v) is 15.2. The number of hydrogen-bond acceptors (Lipinski definition) is 4. The van der Waals surface area contributed by atoms with Gasteiger partial charge in [-0.25, -0.2) is 9.97 Å². The molecule has 1 aromatic heterocycles. The van der Waals surface area contributed by atoms with Crippen LogP contribution in [-0.2, 0) is 0 Å². The molecule has 1 aliphatic rings. The quantitative estimate of drug-likeness (QED) is 0.618. The molecule has 2 aromatic carbocycles. The van der Waals surface area contributed by atoms with Crippen molar-refractivity contribution in [1.82, 2.24) is 9.97 Å². The number of halogens is 2. The molecule has 1 aliphatic heterocycles. The molecule has 0 aliphatic carbocycles. The molecule has 1 saturated heterocycles. The highest BCUT2D eigenvalue weighted by atomic mass is 35.5. The Morgan fingerprint density at radius 1 is 0.958 bits per heavy atom. The van der Waals surface area contributed by atoms with E-state index in [1.165, 1.54) is 0 Å². The molecule has 0 N–H and O–H groups in total. The van der Waals surface area contributed by atoms with E-state index >= 15 is 0 Å². The summed E-state index contributed by atoms with van der Waals surface area (Å²) in [5, 5.41) is 2.35. The molecule has 0 spiro atoms. The second-order valence-electron chi connectivity index (χ2n) is 5.61. The van der Waals surface area contributed by atoms with Gasteiger partial charge < -0.3 is 4.90 Å². The van der Waals surface area contributed by atoms with E-state index in [0.717, 1.165) is 46.9 Å². The van der Waals surface area contributed by atoms with Crippen molar-refractivity contribution >= 4 is 51.7 Å². The Hall–Kier alpha value is -1.49. The summed E-state index contributed by atoms with van der Waals surface area (Å²) in [6.07, 6.45) is 0. The molecule has 0 bridgehead atoms. The highest BCUT2D eigenvalue weighted by Gasteiger charge is 2.18. The molecule has 1 fully saturated rings. The maximum Gasteiger partial charge on any atom is 0.163 e. The molecule has 0 atom stereocenters. The number of hydrogen-bond donors (Lipinski definition) is 0. The minimum atomic E-state index is 0.656. The van der Waals surface area contributed by atoms with Gasteiger partial charge in [0.15, 0.2) is 5.82 Å². The molecule has 6 heteroatoms. The monoisotopic (exact) mass is 375 g/mol. The third-order valence-corrected chi connectivity index (χ3v) is 5.57. The van der Waals surface area contributed by atoms with E-state index in [-0.39, 0.29) is 0 Å². The van der Waals surface area contributed by atoms with Crippen LogP contribution in [-0.4, -0.2) is 34.6 Å². The summed E-state index contributed by atoms with van der Waals surface area (Å²) in [5.41, 5.74) is 1.74. The van der Waals surface area contributed by atoms with Gasteiger partial charge in [0.2, 0.25) is 0 Å². The van der Waals surface area contributed by atoms with Crippen LogP contribution in [0.1, 0.15) is 0 Å². The first-order chi connectivity index (χ1) is 11.7. The Labute approximate surface area is 155 Å². The Morgan fingerprint density at radius 2 is 1.75 bits per heavy atom. The lowest BCUT2D eigenvalue weighted by atomic mass is 10.1. The fraction of sp³-hybridized carbons (Fsp3) is 0.222. The summed E-state index contributed by atoms with van der Waals surface area (Å²) in [6.45, 7) is 1.95. The summed E-state index contributed by atoms with van der Waals surface area (Å²) in [5.74, 6) is 3.81. The summed E-state index contributed by atoms with van der Waals surface area (Å²) >= 11 is 14.5. The van der Waals surface area contributed by atoms with Crippen LogP contribution in [0, 0.1) is 0 Å². The third-order valence-electron chi connectivity index (χ3n) is 4.06. The largest absolute Gasteiger partial charge is 0.354 e. The van der Waals surface area contributed by atoms with E-state index in [0.29, 0.717) is 15.9 Å². The molecular weight excluding hydrogens is 361 g/mol. The number of benzene rings is 2. The van der Waals surface area contributed by atoms with Crippen LogP contribution in [0.5, 0.6) is 0 Å². The van der Waals surface area contributed by atoms with Crippen molar-refractivity contribution in [2.45, 2.75) is 0 Å². The van der Waals surface area contributed by atoms with E-state index in [1.54, 1.807) is 0 Å². The van der Waals surface area contributed by atoms with E-state index in [9.17, 15) is 0 Å². The Kier molecular flexibility index (Phi) is 4.53. The van der Waals surface area contributed by atoms with Crippen molar-refractivity contribution in [2.24, 2.45) is 0 Å². The van der Waals surface area contributed by atoms with Gasteiger partial charge in [0.25, 0.3) is 0 Å². The number of fused-ring (bicyclic) bond motifs is 1. The SMILES string of the molecule is Clc1ccc2nc(-c3ccccc3Cl)nc(N3CCSCC3)c2c1. The molecular formula is C18H15Cl2N3S. The van der Waals surface area contributed by atoms with E-state index in [1.807, 2.05) is 54.2 Å². The summed E-state index contributed by atoms with van der Waals surface area (Å²) in [4.78, 5) is 11.9. The van der Waals surface area contributed by atoms with Crippen molar-refractivity contribution in [3.8, 4) is 11.4 Å². The van der Waals surface area contributed by atoms with Crippen LogP contribution in [0.2, 0.25) is 10.0 Å². The van der Waals surface area contributed by atoms with Gasteiger partial charge >= 0.3 is 0 Å². The summed E-state index contributed by atoms with van der Waals surface area (Å²) in [7, 11) is 0. The first-order valence-corrected chi connectivity index (χ1v) is 9.68. The first-order valence-electron chi connectivity index (χ1n) is 7.77. The molecule has 3 nitrogen and oxygen atoms in total. The average Bonchev–Trinajstić information content (AvgIpc) is 2.62. The molecule has 0 unspecified atom stereocenters. The van der Waals surface area contributed by atoms with Gasteiger partial charge in [0.1, 0.15) is 5.82 Å². The fourth-order valence-electron chi connectivity index (χ4n) is 2.86. The summed E-state index contributed by atoms with van der Waals surface area (Å²) < 4.78 is 0. The smallest absolute Gasteiger partial charge is 0.163 e. The normalized spacial score (nSPS) is 15.0. The third kappa shape index (κ3) is 3.06. The van der Waals surface area contributed by atoms with Gasteiger partial charge in [0, 0.05) is 40.6 Å². The molecule has 3 aromatic rings. The minimum Gasteiger partial charge on any atom is -0.354 e. The highest BCUT2D eigenvalue weighted by Crippen LogP contribution is 2.32. The second-order valence-corrected chi connectivity index (χ2v) is 7.68. The number of aromatic nitrogens is 2. The Balaban J connectivity index is 1.93. The molecule has 0 amide bonds. The topological polar surface area (TPSA) is 29.0 Å². The number of nitrogens with zero attached hydrogens (tertiary/aromatic N) is 3. The number of anilines is 1. The van der Waals surface area contributed by atoms with E-state index < -0.39 is 0 Å². The predicted molar refractivity (Wildman–Crippen MR) is 105 cm³/mol. The van der Waals surface area contributed by atoms with Crippen LogP contribution in [0.3, 0.4) is 0 Å². The molecule has 2 heterocycles. The molecule has 0 saturated carbocycles. The van der Waals surface area contributed by atoms with E-state index in [2.05, 4.69) is 4.90 Å². The van der Waals surface area contributed by atoms with Crippen molar-refractivity contribution < 1.29 is 0 Å². The summed E-state index contributed by atoms with van der Waals surface area (Å²) in [6, 6.07) is 13.4. The predicted octanol–water partition coefficient (Wildman–Crippen LogP) is 5.16. The van der Waals surface area contributed by atoms with Crippen molar-refractivity contribution in [2.75, 3.05) is 29.5 Å². The van der Waals surface area contributed by atoms with Gasteiger partial charge in [-0.2, -0.15) is 11.8 Å². The molecule has 4 rings (SSSR count). The van der Waals surface area contributed by atoms with Crippen LogP contribution in [0.15, 0.2) is 42.5 Å². The number of rotatable bonds is 2. The van der Waals surface area contributed by atoms with E-state index in [4.69, 9.17) is 33.2 Å². The van der Waals surface area contributed by atoms with Crippen molar-refractivity contribution in [1.29, 1.82) is 0 Å². The maximum absolute atomic E-state index is 6.36. The van der Waals surface area contributed by atoms with Gasteiger partial charge in [-0.1, -0.05) is 35.3 Å². The van der Waals surface area contributed by atoms with Crippen LogP contribution >= 0.6 is 35.0 Å². The van der Waals surface area contributed by atoms with Crippen LogP contribution in [0.4, 0.5) is 5.82 Å². The fourth-order valence-corrected chi connectivity index (χ4v) is 4.16. The minimum absolute atomic E-state index is 0.656. The van der Waals surface area contributed by atoms with Crippen LogP contribution in [0.25, 0.3) is 22.3 Å². The first kappa shape index (κ1) is 16.0. The lowest BCUT2D eigenvalue weighted by Gasteiger charge is -2.28. The molecule has 24 heavy (non-hydrogen) atoms. The standard InChI is InChI=1S/C18H15Cl2N3S/c19-12-5-6-16-14(11-12)18(23-7-9-24-10-8-23)22-17(21-16)13-3-1-2-4-15(13)20/h1-6,11H,7-10H2. The zero-order chi connectivity index (χ0) is 16.5.